The summed E-state index contributed by atoms with van der Waals surface area (Å²) >= 11 is 1.10. The molecular weight excluding hydrogens is 252 g/mol. The molecule has 0 heterocycles. The molecule has 0 aromatic heterocycles. The summed E-state index contributed by atoms with van der Waals surface area (Å²) in [6.45, 7) is 2.04. The van der Waals surface area contributed by atoms with Crippen molar-refractivity contribution >= 4 is 23.7 Å². The standard InChI is InChI=1S/C13H16O4S/c1-2-17-12(14)9-18-11(13(15)16)8-10-6-4-3-5-7-10/h3-7,11H,2,8-9H2,1H3,(H,15,16). The van der Waals surface area contributed by atoms with Crippen LogP contribution in [0.4, 0.5) is 0 Å². The van der Waals surface area contributed by atoms with Gasteiger partial charge in [-0.3, -0.25) is 9.59 Å². The molecule has 0 aliphatic rings. The first kappa shape index (κ1) is 14.6. The maximum atomic E-state index is 11.2. The zero-order valence-electron chi connectivity index (χ0n) is 10.2. The monoisotopic (exact) mass is 268 g/mol. The second kappa shape index (κ2) is 7.76. The van der Waals surface area contributed by atoms with Gasteiger partial charge < -0.3 is 9.84 Å². The van der Waals surface area contributed by atoms with Gasteiger partial charge in [-0.05, 0) is 18.9 Å². The maximum Gasteiger partial charge on any atom is 0.316 e. The molecule has 0 fully saturated rings. The number of carboxylic acids is 1. The summed E-state index contributed by atoms with van der Waals surface area (Å²) in [6.07, 6.45) is 0.403. The van der Waals surface area contributed by atoms with Crippen molar-refractivity contribution in [2.24, 2.45) is 0 Å². The van der Waals surface area contributed by atoms with Gasteiger partial charge in [-0.2, -0.15) is 0 Å². The zero-order chi connectivity index (χ0) is 13.4. The number of esters is 1. The second-order valence-corrected chi connectivity index (χ2v) is 4.82. The molecule has 0 radical (unpaired) electrons. The van der Waals surface area contributed by atoms with Crippen molar-refractivity contribution in [2.75, 3.05) is 12.4 Å². The molecule has 0 amide bonds. The van der Waals surface area contributed by atoms with E-state index >= 15 is 0 Å². The molecular formula is C13H16O4S. The van der Waals surface area contributed by atoms with Gasteiger partial charge in [-0.1, -0.05) is 30.3 Å². The van der Waals surface area contributed by atoms with E-state index in [1.807, 2.05) is 30.3 Å². The molecule has 1 N–H and O–H groups in total. The number of benzene rings is 1. The third kappa shape index (κ3) is 5.23. The predicted molar refractivity (Wildman–Crippen MR) is 70.7 cm³/mol. The first-order chi connectivity index (χ1) is 8.63. The minimum absolute atomic E-state index is 0.0671. The van der Waals surface area contributed by atoms with Crippen LogP contribution >= 0.6 is 11.8 Å². The Morgan fingerprint density at radius 3 is 2.56 bits per heavy atom. The third-order valence-electron chi connectivity index (χ3n) is 2.25. The number of hydrogen-bond acceptors (Lipinski definition) is 4. The van der Waals surface area contributed by atoms with E-state index in [1.165, 1.54) is 0 Å². The Balaban J connectivity index is 2.51. The number of aliphatic carboxylic acids is 1. The van der Waals surface area contributed by atoms with Gasteiger partial charge in [0, 0.05) is 0 Å². The summed E-state index contributed by atoms with van der Waals surface area (Å²) in [4.78, 5) is 22.3. The van der Waals surface area contributed by atoms with E-state index < -0.39 is 11.2 Å². The highest BCUT2D eigenvalue weighted by Gasteiger charge is 2.20. The fraction of sp³-hybridized carbons (Fsp3) is 0.385. The normalized spacial score (nSPS) is 11.8. The Morgan fingerprint density at radius 2 is 2.00 bits per heavy atom. The SMILES string of the molecule is CCOC(=O)CSC(Cc1ccccc1)C(=O)O. The van der Waals surface area contributed by atoms with Crippen molar-refractivity contribution < 1.29 is 19.4 Å². The maximum absolute atomic E-state index is 11.2. The summed E-state index contributed by atoms with van der Waals surface area (Å²) in [5.74, 6) is -1.22. The molecule has 1 aromatic carbocycles. The Hall–Kier alpha value is -1.49. The largest absolute Gasteiger partial charge is 0.480 e. The molecule has 1 atom stereocenters. The molecule has 0 spiro atoms. The summed E-state index contributed by atoms with van der Waals surface area (Å²) in [7, 11) is 0. The molecule has 1 unspecified atom stereocenters. The molecule has 0 aliphatic heterocycles. The molecule has 18 heavy (non-hydrogen) atoms. The number of carbonyl (C=O) groups is 2. The van der Waals surface area contributed by atoms with E-state index in [9.17, 15) is 9.59 Å². The van der Waals surface area contributed by atoms with Crippen molar-refractivity contribution in [1.29, 1.82) is 0 Å². The fourth-order valence-corrected chi connectivity index (χ4v) is 2.29. The molecule has 0 bridgehead atoms. The second-order valence-electron chi connectivity index (χ2n) is 3.63. The minimum Gasteiger partial charge on any atom is -0.480 e. The predicted octanol–water partition coefficient (Wildman–Crippen LogP) is 1.98. The Kier molecular flexibility index (Phi) is 6.28. The van der Waals surface area contributed by atoms with E-state index in [-0.39, 0.29) is 11.7 Å². The van der Waals surface area contributed by atoms with Crippen LogP contribution in [0.5, 0.6) is 0 Å². The van der Waals surface area contributed by atoms with Gasteiger partial charge in [-0.25, -0.2) is 0 Å². The van der Waals surface area contributed by atoms with Gasteiger partial charge in [0.15, 0.2) is 0 Å². The van der Waals surface area contributed by atoms with Crippen LogP contribution in [0, 0.1) is 0 Å². The van der Waals surface area contributed by atoms with Crippen LogP contribution < -0.4 is 0 Å². The summed E-state index contributed by atoms with van der Waals surface area (Å²) in [6, 6.07) is 9.36. The molecule has 0 saturated carbocycles. The molecule has 0 saturated heterocycles. The first-order valence-electron chi connectivity index (χ1n) is 5.67. The smallest absolute Gasteiger partial charge is 0.316 e. The molecule has 5 heteroatoms. The van der Waals surface area contributed by atoms with Gasteiger partial charge >= 0.3 is 11.9 Å². The summed E-state index contributed by atoms with van der Waals surface area (Å²) < 4.78 is 4.77. The van der Waals surface area contributed by atoms with Crippen molar-refractivity contribution in [3.8, 4) is 0 Å². The van der Waals surface area contributed by atoms with Crippen molar-refractivity contribution in [3.63, 3.8) is 0 Å². The Labute approximate surface area is 110 Å². The van der Waals surface area contributed by atoms with E-state index in [0.29, 0.717) is 13.0 Å². The fourth-order valence-electron chi connectivity index (χ4n) is 1.42. The van der Waals surface area contributed by atoms with Crippen LogP contribution in [0.2, 0.25) is 0 Å². The average molecular weight is 268 g/mol. The van der Waals surface area contributed by atoms with Crippen LogP contribution in [-0.4, -0.2) is 34.7 Å². The van der Waals surface area contributed by atoms with Crippen LogP contribution in [0.3, 0.4) is 0 Å². The molecule has 98 valence electrons. The van der Waals surface area contributed by atoms with Gasteiger partial charge in [0.1, 0.15) is 5.25 Å². The topological polar surface area (TPSA) is 63.6 Å². The zero-order valence-corrected chi connectivity index (χ0v) is 11.0. The van der Waals surface area contributed by atoms with Gasteiger partial charge in [0.05, 0.1) is 12.4 Å². The van der Waals surface area contributed by atoms with Gasteiger partial charge in [-0.15, -0.1) is 11.8 Å². The number of carboxylic acid groups (broad SMARTS) is 1. The van der Waals surface area contributed by atoms with E-state index in [2.05, 4.69) is 0 Å². The molecule has 1 rings (SSSR count). The van der Waals surface area contributed by atoms with Crippen LogP contribution in [-0.2, 0) is 20.7 Å². The van der Waals surface area contributed by atoms with Crippen LogP contribution in [0.1, 0.15) is 12.5 Å². The Bertz CT molecular complexity index is 391. The highest BCUT2D eigenvalue weighted by atomic mass is 32.2. The number of ether oxygens (including phenoxy) is 1. The lowest BCUT2D eigenvalue weighted by Crippen LogP contribution is -2.21. The van der Waals surface area contributed by atoms with Crippen LogP contribution in [0.25, 0.3) is 0 Å². The third-order valence-corrected chi connectivity index (χ3v) is 3.42. The lowest BCUT2D eigenvalue weighted by Gasteiger charge is -2.11. The number of rotatable bonds is 7. The number of carbonyl (C=O) groups excluding carboxylic acids is 1. The molecule has 4 nitrogen and oxygen atoms in total. The van der Waals surface area contributed by atoms with E-state index in [0.717, 1.165) is 17.3 Å². The number of hydrogen-bond donors (Lipinski definition) is 1. The summed E-state index contributed by atoms with van der Waals surface area (Å²) in [5, 5.41) is 8.48. The summed E-state index contributed by atoms with van der Waals surface area (Å²) in [5.41, 5.74) is 0.946. The van der Waals surface area contributed by atoms with Crippen molar-refractivity contribution in [1.82, 2.24) is 0 Å². The first-order valence-corrected chi connectivity index (χ1v) is 6.72. The van der Waals surface area contributed by atoms with Crippen molar-refractivity contribution in [3.05, 3.63) is 35.9 Å². The molecule has 1 aromatic rings. The van der Waals surface area contributed by atoms with Gasteiger partial charge in [0.25, 0.3) is 0 Å². The average Bonchev–Trinajstić information content (AvgIpc) is 2.35. The van der Waals surface area contributed by atoms with E-state index in [1.54, 1.807) is 6.92 Å². The highest BCUT2D eigenvalue weighted by Crippen LogP contribution is 2.17. The number of thioether (sulfide) groups is 1. The Morgan fingerprint density at radius 1 is 1.33 bits per heavy atom. The van der Waals surface area contributed by atoms with Gasteiger partial charge in [0.2, 0.25) is 0 Å². The lowest BCUT2D eigenvalue weighted by atomic mass is 10.1. The highest BCUT2D eigenvalue weighted by molar-refractivity contribution is 8.01. The minimum atomic E-state index is -0.909. The molecule has 0 aliphatic carbocycles. The van der Waals surface area contributed by atoms with Crippen LogP contribution in [0.15, 0.2) is 30.3 Å². The quantitative estimate of drug-likeness (QED) is 0.766. The van der Waals surface area contributed by atoms with Crippen molar-refractivity contribution in [2.45, 2.75) is 18.6 Å². The van der Waals surface area contributed by atoms with E-state index in [4.69, 9.17) is 9.84 Å². The lowest BCUT2D eigenvalue weighted by molar-refractivity contribution is -0.139.